The van der Waals surface area contributed by atoms with E-state index in [1.165, 1.54) is 0 Å². The lowest BCUT2D eigenvalue weighted by atomic mass is 10.1. The zero-order chi connectivity index (χ0) is 18.2. The van der Waals surface area contributed by atoms with Crippen molar-refractivity contribution >= 4 is 17.5 Å². The number of hydrogen-bond acceptors (Lipinski definition) is 4. The van der Waals surface area contributed by atoms with Crippen LogP contribution in [0.25, 0.3) is 0 Å². The van der Waals surface area contributed by atoms with Crippen LogP contribution >= 0.6 is 11.6 Å². The Hall–Kier alpha value is -2.24. The van der Waals surface area contributed by atoms with E-state index in [2.05, 4.69) is 10.6 Å². The molecule has 0 bridgehead atoms. The normalized spacial score (nSPS) is 11.7. The molecule has 0 aliphatic rings. The van der Waals surface area contributed by atoms with Gasteiger partial charge in [-0.05, 0) is 38.2 Å². The van der Waals surface area contributed by atoms with Gasteiger partial charge < -0.3 is 20.1 Å². The number of carbonyl (C=O) groups is 1. The third-order valence-electron chi connectivity index (χ3n) is 3.83. The summed E-state index contributed by atoms with van der Waals surface area (Å²) in [6.45, 7) is 2.86. The number of likely N-dealkylation sites (N-methyl/N-ethyl adjacent to an activating group) is 1. The molecule has 2 rings (SSSR count). The van der Waals surface area contributed by atoms with Gasteiger partial charge in [0.25, 0.3) is 5.91 Å². The van der Waals surface area contributed by atoms with Gasteiger partial charge >= 0.3 is 0 Å². The summed E-state index contributed by atoms with van der Waals surface area (Å²) in [4.78, 5) is 12.2. The summed E-state index contributed by atoms with van der Waals surface area (Å²) in [5, 5.41) is 6.59. The molecule has 0 aliphatic carbocycles. The van der Waals surface area contributed by atoms with E-state index >= 15 is 0 Å². The summed E-state index contributed by atoms with van der Waals surface area (Å²) >= 11 is 6.13. The predicted molar refractivity (Wildman–Crippen MR) is 99.6 cm³/mol. The van der Waals surface area contributed by atoms with E-state index in [0.29, 0.717) is 35.2 Å². The molecule has 5 nitrogen and oxygen atoms in total. The molecule has 134 valence electrons. The number of methoxy groups -OCH3 is 1. The Balaban J connectivity index is 2.06. The molecule has 6 heteroatoms. The Morgan fingerprint density at radius 1 is 1.20 bits per heavy atom. The van der Waals surface area contributed by atoms with Crippen molar-refractivity contribution < 1.29 is 14.3 Å². The maximum absolute atomic E-state index is 12.2. The maximum atomic E-state index is 12.2. The molecule has 2 aromatic carbocycles. The Kier molecular flexibility index (Phi) is 7.10. The lowest BCUT2D eigenvalue weighted by molar-refractivity contribution is 0.0950. The molecule has 1 unspecified atom stereocenters. The van der Waals surface area contributed by atoms with Gasteiger partial charge in [0.15, 0.2) is 11.5 Å². The third-order valence-corrected chi connectivity index (χ3v) is 4.20. The summed E-state index contributed by atoms with van der Waals surface area (Å²) in [6.07, 6.45) is 0. The van der Waals surface area contributed by atoms with Gasteiger partial charge in [0, 0.05) is 28.7 Å². The highest BCUT2D eigenvalue weighted by Crippen LogP contribution is 2.29. The van der Waals surface area contributed by atoms with E-state index in [-0.39, 0.29) is 11.9 Å². The Bertz CT molecular complexity index is 722. The largest absolute Gasteiger partial charge is 0.493 e. The van der Waals surface area contributed by atoms with Gasteiger partial charge in [-0.3, -0.25) is 4.79 Å². The first-order valence-corrected chi connectivity index (χ1v) is 8.42. The number of carbonyl (C=O) groups excluding carboxylic acids is 1. The van der Waals surface area contributed by atoms with Crippen LogP contribution in [0.5, 0.6) is 11.5 Å². The van der Waals surface area contributed by atoms with Gasteiger partial charge in [0.1, 0.15) is 6.61 Å². The monoisotopic (exact) mass is 362 g/mol. The van der Waals surface area contributed by atoms with Crippen molar-refractivity contribution in [3.8, 4) is 11.5 Å². The Morgan fingerprint density at radius 3 is 2.64 bits per heavy atom. The minimum absolute atomic E-state index is 0.155. The van der Waals surface area contributed by atoms with Crippen molar-refractivity contribution in [2.45, 2.75) is 19.6 Å². The third kappa shape index (κ3) is 5.37. The van der Waals surface area contributed by atoms with Crippen molar-refractivity contribution in [2.75, 3.05) is 20.7 Å². The summed E-state index contributed by atoms with van der Waals surface area (Å²) < 4.78 is 11.1. The number of hydrogen-bond donors (Lipinski definition) is 2. The highest BCUT2D eigenvalue weighted by Gasteiger charge is 2.12. The van der Waals surface area contributed by atoms with Crippen molar-refractivity contribution in [1.29, 1.82) is 0 Å². The van der Waals surface area contributed by atoms with Gasteiger partial charge in [-0.2, -0.15) is 0 Å². The smallest absolute Gasteiger partial charge is 0.251 e. The van der Waals surface area contributed by atoms with Gasteiger partial charge in [-0.1, -0.05) is 29.8 Å². The molecular formula is C19H23ClN2O3. The van der Waals surface area contributed by atoms with Crippen molar-refractivity contribution in [1.82, 2.24) is 10.6 Å². The number of amides is 1. The molecule has 0 heterocycles. The molecule has 2 N–H and O–H groups in total. The van der Waals surface area contributed by atoms with E-state index in [0.717, 1.165) is 5.56 Å². The first kappa shape index (κ1) is 19.1. The van der Waals surface area contributed by atoms with E-state index in [4.69, 9.17) is 21.1 Å². The lowest BCUT2D eigenvalue weighted by Gasteiger charge is -2.14. The van der Waals surface area contributed by atoms with Crippen molar-refractivity contribution in [3.05, 3.63) is 58.6 Å². The quantitative estimate of drug-likeness (QED) is 0.756. The molecule has 0 aromatic heterocycles. The minimum Gasteiger partial charge on any atom is -0.493 e. The molecule has 25 heavy (non-hydrogen) atoms. The van der Waals surface area contributed by atoms with Crippen LogP contribution < -0.4 is 20.1 Å². The average Bonchev–Trinajstić information content (AvgIpc) is 2.65. The van der Waals surface area contributed by atoms with Gasteiger partial charge in [-0.25, -0.2) is 0 Å². The van der Waals surface area contributed by atoms with Crippen LogP contribution in [-0.2, 0) is 6.61 Å². The molecule has 0 aliphatic heterocycles. The van der Waals surface area contributed by atoms with Crippen LogP contribution in [0, 0.1) is 0 Å². The summed E-state index contributed by atoms with van der Waals surface area (Å²) in [5.74, 6) is 0.905. The van der Waals surface area contributed by atoms with Crippen molar-refractivity contribution in [2.24, 2.45) is 0 Å². The van der Waals surface area contributed by atoms with Gasteiger partial charge in [0.2, 0.25) is 0 Å². The molecule has 0 fully saturated rings. The van der Waals surface area contributed by atoms with E-state index in [9.17, 15) is 4.79 Å². The lowest BCUT2D eigenvalue weighted by Crippen LogP contribution is -2.37. The van der Waals surface area contributed by atoms with Crippen LogP contribution in [0.3, 0.4) is 0 Å². The topological polar surface area (TPSA) is 59.6 Å². The first-order valence-electron chi connectivity index (χ1n) is 8.05. The highest BCUT2D eigenvalue weighted by atomic mass is 35.5. The standard InChI is InChI=1S/C19H23ClN2O3/c1-13(21-2)11-22-19(23)14-8-9-17(18(10-14)24-3)25-12-15-6-4-5-7-16(15)20/h4-10,13,21H,11-12H2,1-3H3,(H,22,23). The molecule has 0 saturated heterocycles. The van der Waals surface area contributed by atoms with E-state index in [1.54, 1.807) is 25.3 Å². The summed E-state index contributed by atoms with van der Waals surface area (Å²) in [6, 6.07) is 12.8. The number of ether oxygens (including phenoxy) is 2. The highest BCUT2D eigenvalue weighted by molar-refractivity contribution is 6.31. The van der Waals surface area contributed by atoms with Crippen LogP contribution in [0.2, 0.25) is 5.02 Å². The molecule has 0 radical (unpaired) electrons. The summed E-state index contributed by atoms with van der Waals surface area (Å²) in [5.41, 5.74) is 1.40. The Labute approximate surface area is 153 Å². The molecule has 0 saturated carbocycles. The number of nitrogens with one attached hydrogen (secondary N) is 2. The molecule has 1 amide bonds. The fraction of sp³-hybridized carbons (Fsp3) is 0.316. The Morgan fingerprint density at radius 2 is 1.96 bits per heavy atom. The summed E-state index contributed by atoms with van der Waals surface area (Å²) in [7, 11) is 3.40. The second kappa shape index (κ2) is 9.30. The van der Waals surface area contributed by atoms with E-state index in [1.807, 2.05) is 38.2 Å². The second-order valence-electron chi connectivity index (χ2n) is 5.65. The van der Waals surface area contributed by atoms with Crippen LogP contribution in [0.4, 0.5) is 0 Å². The maximum Gasteiger partial charge on any atom is 0.251 e. The van der Waals surface area contributed by atoms with Crippen LogP contribution in [0.15, 0.2) is 42.5 Å². The second-order valence-corrected chi connectivity index (χ2v) is 6.05. The number of halogens is 1. The average molecular weight is 363 g/mol. The molecular weight excluding hydrogens is 340 g/mol. The zero-order valence-corrected chi connectivity index (χ0v) is 15.4. The SMILES string of the molecule is CNC(C)CNC(=O)c1ccc(OCc2ccccc2Cl)c(OC)c1. The molecule has 2 aromatic rings. The fourth-order valence-corrected chi connectivity index (χ4v) is 2.34. The molecule has 1 atom stereocenters. The van der Waals surface area contributed by atoms with Crippen LogP contribution in [0.1, 0.15) is 22.8 Å². The minimum atomic E-state index is -0.155. The van der Waals surface area contributed by atoms with Crippen LogP contribution in [-0.4, -0.2) is 32.7 Å². The van der Waals surface area contributed by atoms with Gasteiger partial charge in [0.05, 0.1) is 7.11 Å². The molecule has 0 spiro atoms. The predicted octanol–water partition coefficient (Wildman–Crippen LogP) is 3.27. The van der Waals surface area contributed by atoms with Crippen molar-refractivity contribution in [3.63, 3.8) is 0 Å². The number of rotatable bonds is 8. The number of benzene rings is 2. The zero-order valence-electron chi connectivity index (χ0n) is 14.6. The first-order chi connectivity index (χ1) is 12.0. The van der Waals surface area contributed by atoms with E-state index < -0.39 is 0 Å². The van der Waals surface area contributed by atoms with Gasteiger partial charge in [-0.15, -0.1) is 0 Å². The fourth-order valence-electron chi connectivity index (χ4n) is 2.15.